The number of ketones is 1. The normalized spacial score (nSPS) is 10.4. The van der Waals surface area contributed by atoms with Crippen LogP contribution in [0.4, 0.5) is 4.39 Å². The molecule has 2 rings (SSSR count). The fourth-order valence-corrected chi connectivity index (χ4v) is 1.88. The zero-order chi connectivity index (χ0) is 13.1. The first kappa shape index (κ1) is 12.7. The standard InChI is InChI=1S/C14H11ClFNO/c1-9-4-2-7-13(17-9)14(18)8-10-11(15)5-3-6-12(10)16/h2-7H,8H2,1H3. The Morgan fingerprint density at radius 1 is 1.28 bits per heavy atom. The number of carbonyl (C=O) groups excluding carboxylic acids is 1. The Morgan fingerprint density at radius 3 is 2.67 bits per heavy atom. The maximum Gasteiger partial charge on any atom is 0.185 e. The van der Waals surface area contributed by atoms with Crippen LogP contribution in [0.5, 0.6) is 0 Å². The van der Waals surface area contributed by atoms with Crippen LogP contribution in [0.25, 0.3) is 0 Å². The molecule has 0 aliphatic heterocycles. The Bertz CT molecular complexity index is 578. The summed E-state index contributed by atoms with van der Waals surface area (Å²) < 4.78 is 13.5. The van der Waals surface area contributed by atoms with Crippen LogP contribution in [0, 0.1) is 12.7 Å². The maximum atomic E-state index is 13.5. The van der Waals surface area contributed by atoms with E-state index < -0.39 is 5.82 Å². The molecule has 92 valence electrons. The average molecular weight is 264 g/mol. The number of rotatable bonds is 3. The SMILES string of the molecule is Cc1cccc(C(=O)Cc2c(F)cccc2Cl)n1. The van der Waals surface area contributed by atoms with Gasteiger partial charge >= 0.3 is 0 Å². The lowest BCUT2D eigenvalue weighted by atomic mass is 10.1. The van der Waals surface area contributed by atoms with Crippen LogP contribution in [0.1, 0.15) is 21.7 Å². The van der Waals surface area contributed by atoms with Crippen LogP contribution in [-0.2, 0) is 6.42 Å². The molecule has 0 aliphatic rings. The van der Waals surface area contributed by atoms with Crippen molar-refractivity contribution in [1.82, 2.24) is 4.98 Å². The summed E-state index contributed by atoms with van der Waals surface area (Å²) in [6.45, 7) is 1.80. The van der Waals surface area contributed by atoms with Crippen LogP contribution in [0.15, 0.2) is 36.4 Å². The van der Waals surface area contributed by atoms with Gasteiger partial charge in [0.05, 0.1) is 0 Å². The van der Waals surface area contributed by atoms with Gasteiger partial charge in [-0.25, -0.2) is 4.39 Å². The van der Waals surface area contributed by atoms with Gasteiger partial charge in [0.25, 0.3) is 0 Å². The zero-order valence-corrected chi connectivity index (χ0v) is 10.5. The van der Waals surface area contributed by atoms with E-state index in [0.29, 0.717) is 5.69 Å². The molecule has 0 amide bonds. The van der Waals surface area contributed by atoms with Crippen LogP contribution >= 0.6 is 11.6 Å². The topological polar surface area (TPSA) is 30.0 Å². The lowest BCUT2D eigenvalue weighted by Crippen LogP contribution is -2.08. The molecule has 0 N–H and O–H groups in total. The van der Waals surface area contributed by atoms with Crippen molar-refractivity contribution in [3.05, 3.63) is 64.2 Å². The second kappa shape index (κ2) is 5.27. The molecule has 2 nitrogen and oxygen atoms in total. The molecule has 4 heteroatoms. The first-order chi connectivity index (χ1) is 8.58. The number of hydrogen-bond donors (Lipinski definition) is 0. The number of nitrogens with zero attached hydrogens (tertiary/aromatic N) is 1. The number of benzene rings is 1. The van der Waals surface area contributed by atoms with Crippen LogP contribution in [0.3, 0.4) is 0 Å². The molecular formula is C14H11ClFNO. The Kier molecular flexibility index (Phi) is 3.72. The third kappa shape index (κ3) is 2.74. The molecule has 18 heavy (non-hydrogen) atoms. The van der Waals surface area contributed by atoms with Gasteiger partial charge in [-0.15, -0.1) is 0 Å². The van der Waals surface area contributed by atoms with Crippen LogP contribution in [-0.4, -0.2) is 10.8 Å². The molecule has 0 radical (unpaired) electrons. The van der Waals surface area contributed by atoms with Crippen molar-refractivity contribution < 1.29 is 9.18 Å². The van der Waals surface area contributed by atoms with E-state index in [0.717, 1.165) is 5.69 Å². The summed E-state index contributed by atoms with van der Waals surface area (Å²) in [6.07, 6.45) is -0.0814. The smallest absolute Gasteiger partial charge is 0.185 e. The highest BCUT2D eigenvalue weighted by Gasteiger charge is 2.14. The second-order valence-electron chi connectivity index (χ2n) is 3.96. The number of aromatic nitrogens is 1. The third-order valence-electron chi connectivity index (χ3n) is 2.57. The zero-order valence-electron chi connectivity index (χ0n) is 9.78. The maximum absolute atomic E-state index is 13.5. The number of halogens is 2. The summed E-state index contributed by atoms with van der Waals surface area (Å²) in [7, 11) is 0. The van der Waals surface area contributed by atoms with E-state index in [1.165, 1.54) is 12.1 Å². The predicted molar refractivity (Wildman–Crippen MR) is 68.4 cm³/mol. The van der Waals surface area contributed by atoms with Crippen molar-refractivity contribution >= 4 is 17.4 Å². The van der Waals surface area contributed by atoms with E-state index in [4.69, 9.17) is 11.6 Å². The van der Waals surface area contributed by atoms with Crippen molar-refractivity contribution in [1.29, 1.82) is 0 Å². The lowest BCUT2D eigenvalue weighted by Gasteiger charge is -2.05. The number of pyridine rings is 1. The van der Waals surface area contributed by atoms with E-state index in [9.17, 15) is 9.18 Å². The predicted octanol–water partition coefficient (Wildman–Crippen LogP) is 3.61. The molecule has 0 bridgehead atoms. The molecular weight excluding hydrogens is 253 g/mol. The van der Waals surface area contributed by atoms with E-state index in [1.807, 2.05) is 0 Å². The van der Waals surface area contributed by atoms with Gasteiger partial charge in [-0.3, -0.25) is 9.78 Å². The number of aryl methyl sites for hydroxylation is 1. The van der Waals surface area contributed by atoms with Gasteiger partial charge in [0.1, 0.15) is 11.5 Å². The van der Waals surface area contributed by atoms with E-state index >= 15 is 0 Å². The third-order valence-corrected chi connectivity index (χ3v) is 2.93. The summed E-state index contributed by atoms with van der Waals surface area (Å²) in [5.74, 6) is -0.714. The molecule has 1 aromatic heterocycles. The van der Waals surface area contributed by atoms with Gasteiger partial charge in [0.2, 0.25) is 0 Å². The minimum Gasteiger partial charge on any atom is -0.292 e. The lowest BCUT2D eigenvalue weighted by molar-refractivity contribution is 0.0987. The van der Waals surface area contributed by atoms with Crippen molar-refractivity contribution in [2.75, 3.05) is 0 Å². The minimum absolute atomic E-state index is 0.0814. The second-order valence-corrected chi connectivity index (χ2v) is 4.37. The molecule has 0 fully saturated rings. The first-order valence-corrected chi connectivity index (χ1v) is 5.85. The minimum atomic E-state index is -0.469. The monoisotopic (exact) mass is 263 g/mol. The molecule has 0 saturated carbocycles. The van der Waals surface area contributed by atoms with Gasteiger partial charge in [0.15, 0.2) is 5.78 Å². The van der Waals surface area contributed by atoms with Crippen molar-refractivity contribution in [2.45, 2.75) is 13.3 Å². The van der Waals surface area contributed by atoms with E-state index in [1.54, 1.807) is 31.2 Å². The molecule has 2 aromatic rings. The van der Waals surface area contributed by atoms with Crippen molar-refractivity contribution in [2.24, 2.45) is 0 Å². The summed E-state index contributed by atoms with van der Waals surface area (Å²) in [5.41, 5.74) is 1.29. The Hall–Kier alpha value is -1.74. The van der Waals surface area contributed by atoms with Gasteiger partial charge in [-0.2, -0.15) is 0 Å². The largest absolute Gasteiger partial charge is 0.292 e. The molecule has 0 saturated heterocycles. The van der Waals surface area contributed by atoms with Gasteiger partial charge in [-0.05, 0) is 31.2 Å². The summed E-state index contributed by atoms with van der Waals surface area (Å²) >= 11 is 5.88. The highest BCUT2D eigenvalue weighted by atomic mass is 35.5. The molecule has 0 unspecified atom stereocenters. The Balaban J connectivity index is 2.27. The van der Waals surface area contributed by atoms with Crippen molar-refractivity contribution in [3.8, 4) is 0 Å². The summed E-state index contributed by atoms with van der Waals surface area (Å²) in [6, 6.07) is 9.53. The summed E-state index contributed by atoms with van der Waals surface area (Å²) in [4.78, 5) is 16.1. The highest BCUT2D eigenvalue weighted by Crippen LogP contribution is 2.20. The molecule has 0 atom stereocenters. The Labute approximate surface area is 109 Å². The van der Waals surface area contributed by atoms with E-state index in [2.05, 4.69) is 4.98 Å². The van der Waals surface area contributed by atoms with Gasteiger partial charge in [0, 0.05) is 22.7 Å². The number of carbonyl (C=O) groups is 1. The first-order valence-electron chi connectivity index (χ1n) is 5.47. The number of hydrogen-bond acceptors (Lipinski definition) is 2. The molecule has 0 aliphatic carbocycles. The van der Waals surface area contributed by atoms with Crippen molar-refractivity contribution in [3.63, 3.8) is 0 Å². The quantitative estimate of drug-likeness (QED) is 0.792. The fourth-order valence-electron chi connectivity index (χ4n) is 1.65. The molecule has 1 aromatic carbocycles. The molecule has 0 spiro atoms. The summed E-state index contributed by atoms with van der Waals surface area (Å²) in [5, 5.41) is 0.260. The van der Waals surface area contributed by atoms with Crippen LogP contribution in [0.2, 0.25) is 5.02 Å². The highest BCUT2D eigenvalue weighted by molar-refractivity contribution is 6.31. The number of Topliss-reactive ketones (excluding diaryl/α,β-unsaturated/α-hetero) is 1. The average Bonchev–Trinajstić information content (AvgIpc) is 2.34. The van der Waals surface area contributed by atoms with Crippen LogP contribution < -0.4 is 0 Å². The van der Waals surface area contributed by atoms with E-state index in [-0.39, 0.29) is 22.8 Å². The van der Waals surface area contributed by atoms with Gasteiger partial charge in [-0.1, -0.05) is 23.7 Å². The Morgan fingerprint density at radius 2 is 2.00 bits per heavy atom. The molecule has 1 heterocycles. The van der Waals surface area contributed by atoms with Gasteiger partial charge < -0.3 is 0 Å². The fraction of sp³-hybridized carbons (Fsp3) is 0.143.